The summed E-state index contributed by atoms with van der Waals surface area (Å²) < 4.78 is 106. The Kier molecular flexibility index (Phi) is 22.1. The van der Waals surface area contributed by atoms with Gasteiger partial charge in [0, 0.05) is 76.0 Å². The third-order valence-electron chi connectivity index (χ3n) is 8.79. The third-order valence-corrected chi connectivity index (χ3v) is 12.1. The molecule has 0 radical (unpaired) electrons. The van der Waals surface area contributed by atoms with Gasteiger partial charge in [0.15, 0.2) is 0 Å². The van der Waals surface area contributed by atoms with E-state index in [-0.39, 0.29) is 32.3 Å². The number of ether oxygens (including phenoxy) is 4. The molecule has 2 N–H and O–H groups in total. The minimum absolute atomic E-state index is 0.0524. The smallest absolute Gasteiger partial charge is 0.268 e. The molecule has 0 aliphatic heterocycles. The Morgan fingerprint density at radius 2 is 1.00 bits per heavy atom. The van der Waals surface area contributed by atoms with Crippen molar-refractivity contribution in [3.8, 4) is 34.0 Å². The molecule has 2 aromatic heterocycles. The molecule has 0 atom stereocenters. The van der Waals surface area contributed by atoms with E-state index >= 15 is 0 Å². The summed E-state index contributed by atoms with van der Waals surface area (Å²) in [5.74, 6) is -0.117. The second kappa shape index (κ2) is 26.9. The van der Waals surface area contributed by atoms with E-state index in [1.54, 1.807) is 107 Å². The van der Waals surface area contributed by atoms with Crippen LogP contribution in [-0.2, 0) is 42.6 Å². The number of nitrogens with one attached hydrogen (secondary N) is 2. The molecule has 2 heterocycles. The first kappa shape index (κ1) is 52.7. The lowest BCUT2D eigenvalue weighted by molar-refractivity contribution is 0.146. The molecule has 6 rings (SSSR count). The van der Waals surface area contributed by atoms with E-state index in [0.717, 1.165) is 19.1 Å². The van der Waals surface area contributed by atoms with Crippen molar-refractivity contribution in [3.63, 3.8) is 0 Å². The zero-order valence-corrected chi connectivity index (χ0v) is 39.1. The van der Waals surface area contributed by atoms with Crippen molar-refractivity contribution in [2.24, 2.45) is 0 Å². The molecule has 64 heavy (non-hydrogen) atoms. The third kappa shape index (κ3) is 14.5. The van der Waals surface area contributed by atoms with Crippen molar-refractivity contribution in [2.75, 3.05) is 54.7 Å². The van der Waals surface area contributed by atoms with Gasteiger partial charge >= 0.3 is 0 Å². The maximum atomic E-state index is 14.5. The fourth-order valence-electron chi connectivity index (χ4n) is 6.04. The summed E-state index contributed by atoms with van der Waals surface area (Å²) in [4.78, 5) is 0.118. The quantitative estimate of drug-likeness (QED) is 0.0598. The van der Waals surface area contributed by atoms with Crippen LogP contribution in [0, 0.1) is 11.6 Å². The van der Waals surface area contributed by atoms with Crippen LogP contribution in [0.4, 0.5) is 8.78 Å². The molecule has 0 unspecified atom stereocenters. The molecular formula is C48H60F2N4O8S2. The average Bonchev–Trinajstić information content (AvgIpc) is 3.93. The summed E-state index contributed by atoms with van der Waals surface area (Å²) in [5, 5.41) is 5.98. The summed E-state index contributed by atoms with van der Waals surface area (Å²) >= 11 is 0. The van der Waals surface area contributed by atoms with Gasteiger partial charge in [0.1, 0.15) is 29.7 Å². The lowest BCUT2D eigenvalue weighted by Gasteiger charge is -2.13. The Balaban J connectivity index is 0.000000310. The average molecular weight is 923 g/mol. The molecule has 6 aromatic rings. The number of allylic oxidation sites excluding steroid dienone is 1. The van der Waals surface area contributed by atoms with E-state index in [1.165, 1.54) is 48.8 Å². The summed E-state index contributed by atoms with van der Waals surface area (Å²) in [7, 11) is -1.25. The Morgan fingerprint density at radius 3 is 1.39 bits per heavy atom. The van der Waals surface area contributed by atoms with Crippen molar-refractivity contribution >= 4 is 20.0 Å². The normalized spacial score (nSPS) is 11.0. The zero-order valence-electron chi connectivity index (χ0n) is 37.5. The largest absolute Gasteiger partial charge is 0.493 e. The van der Waals surface area contributed by atoms with Crippen LogP contribution in [0.1, 0.15) is 38.3 Å². The first-order chi connectivity index (χ1) is 30.9. The molecule has 16 heteroatoms. The number of nitrogens with zero attached hydrogens (tertiary/aromatic N) is 2. The molecule has 4 aromatic carbocycles. The van der Waals surface area contributed by atoms with E-state index in [4.69, 9.17) is 18.9 Å². The second-order valence-electron chi connectivity index (χ2n) is 13.5. The van der Waals surface area contributed by atoms with E-state index < -0.39 is 31.7 Å². The molecule has 0 amide bonds. The van der Waals surface area contributed by atoms with E-state index in [2.05, 4.69) is 17.2 Å². The summed E-state index contributed by atoms with van der Waals surface area (Å²) in [6.45, 7) is 11.8. The predicted molar refractivity (Wildman–Crippen MR) is 250 cm³/mol. The van der Waals surface area contributed by atoms with Gasteiger partial charge in [-0.15, -0.1) is 6.58 Å². The van der Waals surface area contributed by atoms with Gasteiger partial charge in [0.05, 0.1) is 34.4 Å². The molecule has 0 aliphatic carbocycles. The van der Waals surface area contributed by atoms with Crippen LogP contribution in [0.5, 0.6) is 11.5 Å². The van der Waals surface area contributed by atoms with Gasteiger partial charge in [0.2, 0.25) is 0 Å². The van der Waals surface area contributed by atoms with E-state index in [1.807, 2.05) is 20.8 Å². The standard InChI is InChI=1S/C22H25FN2O4S.C21H23FN2O4S.C3H6.C2H6/c1-24-15-17-13-22(20-9-3-4-10-21(20)23)25(16-17)30(26,27)19-8-5-7-18(14-19)29-12-6-11-28-2;1-23-14-16-12-21(19-8-3-4-9-20(19)22)24(15-16)29(25,26)18-7-5-6-17(13-18)28-11-10-27-2;1-3-2;1-2/h3-5,7-10,13-14,16,24H,6,11-12,15H2,1-2H3;3-9,12-13,15,23H,10-11,14H2,1-2H3;3H,1H2,2H3;1-2H3. The Morgan fingerprint density at radius 1 is 0.594 bits per heavy atom. The highest BCUT2D eigenvalue weighted by Gasteiger charge is 2.25. The Bertz CT molecular complexity index is 2580. The highest BCUT2D eigenvalue weighted by atomic mass is 32.2. The Hall–Kier alpha value is -5.62. The number of hydrogen-bond acceptors (Lipinski definition) is 10. The van der Waals surface area contributed by atoms with Crippen molar-refractivity contribution in [2.45, 2.75) is 50.1 Å². The summed E-state index contributed by atoms with van der Waals surface area (Å²) in [6, 6.07) is 28.1. The lowest BCUT2D eigenvalue weighted by atomic mass is 10.1. The maximum Gasteiger partial charge on any atom is 0.268 e. The van der Waals surface area contributed by atoms with Crippen molar-refractivity contribution in [1.82, 2.24) is 18.6 Å². The van der Waals surface area contributed by atoms with Gasteiger partial charge in [-0.2, -0.15) is 0 Å². The lowest BCUT2D eigenvalue weighted by Crippen LogP contribution is -2.14. The van der Waals surface area contributed by atoms with Crippen molar-refractivity contribution in [1.29, 1.82) is 0 Å². The number of hydrogen-bond donors (Lipinski definition) is 2. The van der Waals surface area contributed by atoms with Crippen molar-refractivity contribution < 1.29 is 44.6 Å². The predicted octanol–water partition coefficient (Wildman–Crippen LogP) is 9.16. The molecule has 0 aliphatic rings. The van der Waals surface area contributed by atoms with Crippen LogP contribution >= 0.6 is 0 Å². The van der Waals surface area contributed by atoms with Gasteiger partial charge in [-0.1, -0.05) is 56.3 Å². The van der Waals surface area contributed by atoms with Crippen molar-refractivity contribution in [3.05, 3.63) is 157 Å². The first-order valence-corrected chi connectivity index (χ1v) is 23.5. The molecule has 0 fully saturated rings. The molecule has 0 saturated carbocycles. The minimum Gasteiger partial charge on any atom is -0.493 e. The molecule has 12 nitrogen and oxygen atoms in total. The van der Waals surface area contributed by atoms with Gasteiger partial charge < -0.3 is 29.6 Å². The maximum absolute atomic E-state index is 14.5. The number of rotatable bonds is 19. The highest BCUT2D eigenvalue weighted by Crippen LogP contribution is 2.32. The molecule has 346 valence electrons. The number of methoxy groups -OCH3 is 2. The van der Waals surface area contributed by atoms with Crippen LogP contribution < -0.4 is 20.1 Å². The SMILES string of the molecule is C=CC.CC.CNCc1cc(-c2ccccc2F)n(S(=O)(=O)c2cccc(OCCCOC)c2)c1.CNCc1cc(-c2ccccc2F)n(S(=O)(=O)c2cccc(OCCOC)c2)c1. The number of aromatic nitrogens is 2. The van der Waals surface area contributed by atoms with E-state index in [0.29, 0.717) is 57.4 Å². The van der Waals surface area contributed by atoms with Crippen LogP contribution in [-0.4, -0.2) is 79.5 Å². The summed E-state index contributed by atoms with van der Waals surface area (Å²) in [6.07, 6.45) is 5.46. The van der Waals surface area contributed by atoms with Crippen LogP contribution in [0.3, 0.4) is 0 Å². The molecule has 0 saturated heterocycles. The van der Waals surface area contributed by atoms with Crippen LogP contribution in [0.2, 0.25) is 0 Å². The molecular weight excluding hydrogens is 863 g/mol. The van der Waals surface area contributed by atoms with E-state index in [9.17, 15) is 25.6 Å². The second-order valence-corrected chi connectivity index (χ2v) is 17.1. The van der Waals surface area contributed by atoms with Gasteiger partial charge in [-0.3, -0.25) is 0 Å². The van der Waals surface area contributed by atoms with Gasteiger partial charge in [-0.25, -0.2) is 33.6 Å². The van der Waals surface area contributed by atoms with Crippen LogP contribution in [0.25, 0.3) is 22.5 Å². The summed E-state index contributed by atoms with van der Waals surface area (Å²) in [5.41, 5.74) is 2.42. The monoisotopic (exact) mass is 922 g/mol. The Labute approximate surface area is 377 Å². The fourth-order valence-corrected chi connectivity index (χ4v) is 8.89. The number of benzene rings is 4. The fraction of sp³-hybridized carbons (Fsp3) is 0.292. The topological polar surface area (TPSA) is 139 Å². The minimum atomic E-state index is -3.97. The van der Waals surface area contributed by atoms with Gasteiger partial charge in [-0.05, 0) is 92.8 Å². The van der Waals surface area contributed by atoms with Gasteiger partial charge in [0.25, 0.3) is 20.0 Å². The highest BCUT2D eigenvalue weighted by molar-refractivity contribution is 7.90. The molecule has 0 spiro atoms. The molecule has 0 bridgehead atoms. The zero-order chi connectivity index (χ0) is 47.1. The number of halogens is 2. The first-order valence-electron chi connectivity index (χ1n) is 20.6. The van der Waals surface area contributed by atoms with Crippen LogP contribution in [0.15, 0.2) is 144 Å².